The molecular weight excluding hydrogens is 244 g/mol. The maximum Gasteiger partial charge on any atom is 0.142 e. The van der Waals surface area contributed by atoms with Crippen molar-refractivity contribution >= 4 is 11.8 Å². The van der Waals surface area contributed by atoms with Crippen LogP contribution in [-0.4, -0.2) is 29.1 Å². The molecule has 0 aliphatic rings. The van der Waals surface area contributed by atoms with Crippen molar-refractivity contribution in [1.82, 2.24) is 10.3 Å². The van der Waals surface area contributed by atoms with Crippen LogP contribution in [-0.2, 0) is 6.54 Å². The number of ether oxygens (including phenoxy) is 1. The molecule has 1 rings (SSSR count). The number of aromatic nitrogens is 1. The maximum absolute atomic E-state index is 5.80. The van der Waals surface area contributed by atoms with E-state index in [0.717, 1.165) is 41.8 Å². The lowest BCUT2D eigenvalue weighted by molar-refractivity contribution is 0.336. The molecule has 1 N–H and O–H groups in total. The fraction of sp³-hybridized carbons (Fsp3) is 0.643. The highest BCUT2D eigenvalue weighted by molar-refractivity contribution is 7.99. The van der Waals surface area contributed by atoms with Gasteiger partial charge in [-0.2, -0.15) is 11.8 Å². The van der Waals surface area contributed by atoms with Crippen LogP contribution in [0.1, 0.15) is 32.2 Å². The third-order valence-electron chi connectivity index (χ3n) is 2.44. The topological polar surface area (TPSA) is 34.1 Å². The molecule has 1 aromatic heterocycles. The van der Waals surface area contributed by atoms with Crippen LogP contribution >= 0.6 is 11.8 Å². The maximum atomic E-state index is 5.80. The third-order valence-corrected chi connectivity index (χ3v) is 3.30. The highest BCUT2D eigenvalue weighted by Gasteiger charge is 2.06. The molecule has 0 aliphatic carbocycles. The number of hydrogen-bond donors (Lipinski definition) is 1. The van der Waals surface area contributed by atoms with Gasteiger partial charge in [0.1, 0.15) is 5.75 Å². The van der Waals surface area contributed by atoms with E-state index < -0.39 is 0 Å². The molecule has 18 heavy (non-hydrogen) atoms. The van der Waals surface area contributed by atoms with Crippen LogP contribution in [0.15, 0.2) is 12.1 Å². The van der Waals surface area contributed by atoms with E-state index in [2.05, 4.69) is 31.1 Å². The molecule has 0 saturated heterocycles. The summed E-state index contributed by atoms with van der Waals surface area (Å²) in [6, 6.07) is 4.48. The molecule has 0 aliphatic heterocycles. The largest absolute Gasteiger partial charge is 0.491 e. The van der Waals surface area contributed by atoms with Crippen LogP contribution in [0.5, 0.6) is 5.75 Å². The molecule has 4 heteroatoms. The van der Waals surface area contributed by atoms with Crippen LogP contribution in [0.4, 0.5) is 0 Å². The Morgan fingerprint density at radius 3 is 2.83 bits per heavy atom. The van der Waals surface area contributed by atoms with Gasteiger partial charge in [0, 0.05) is 24.0 Å². The van der Waals surface area contributed by atoms with E-state index in [1.165, 1.54) is 0 Å². The Morgan fingerprint density at radius 2 is 2.17 bits per heavy atom. The lowest BCUT2D eigenvalue weighted by Crippen LogP contribution is -2.23. The number of hydrogen-bond acceptors (Lipinski definition) is 4. The highest BCUT2D eigenvalue weighted by atomic mass is 32.2. The van der Waals surface area contributed by atoms with E-state index in [4.69, 9.17) is 4.74 Å². The minimum absolute atomic E-state index is 0.454. The number of nitrogens with zero attached hydrogens (tertiary/aromatic N) is 1. The molecule has 0 aromatic carbocycles. The van der Waals surface area contributed by atoms with Crippen LogP contribution < -0.4 is 10.1 Å². The first-order valence-corrected chi connectivity index (χ1v) is 7.69. The molecule has 0 bridgehead atoms. The lowest BCUT2D eigenvalue weighted by atomic mass is 10.2. The van der Waals surface area contributed by atoms with E-state index in [0.29, 0.717) is 6.04 Å². The van der Waals surface area contributed by atoms with Crippen molar-refractivity contribution in [3.05, 3.63) is 23.5 Å². The minimum Gasteiger partial charge on any atom is -0.491 e. The molecule has 0 atom stereocenters. The van der Waals surface area contributed by atoms with Gasteiger partial charge in [-0.15, -0.1) is 0 Å². The molecule has 1 heterocycles. The number of pyridine rings is 1. The normalized spacial score (nSPS) is 10.9. The summed E-state index contributed by atoms with van der Waals surface area (Å²) in [4.78, 5) is 4.55. The standard InChI is InChI=1S/C14H24N2OS/c1-5-18-9-8-17-14-7-6-12(4)16-13(14)10-15-11(2)3/h6-7,11,15H,5,8-10H2,1-4H3. The molecule has 0 amide bonds. The number of thioether (sulfide) groups is 1. The van der Waals surface area contributed by atoms with Crippen molar-refractivity contribution in [1.29, 1.82) is 0 Å². The smallest absolute Gasteiger partial charge is 0.142 e. The Bertz CT molecular complexity index is 356. The SMILES string of the molecule is CCSCCOc1ccc(C)nc1CNC(C)C. The second-order valence-electron chi connectivity index (χ2n) is 4.48. The fourth-order valence-electron chi connectivity index (χ4n) is 1.51. The van der Waals surface area contributed by atoms with Crippen LogP contribution in [0.25, 0.3) is 0 Å². The Kier molecular flexibility index (Phi) is 7.13. The van der Waals surface area contributed by atoms with Gasteiger partial charge in [-0.25, -0.2) is 0 Å². The van der Waals surface area contributed by atoms with Gasteiger partial charge in [0.15, 0.2) is 0 Å². The third kappa shape index (κ3) is 5.74. The van der Waals surface area contributed by atoms with Gasteiger partial charge in [0.2, 0.25) is 0 Å². The predicted octanol–water partition coefficient (Wildman–Crippen LogP) is 3.02. The summed E-state index contributed by atoms with van der Waals surface area (Å²) >= 11 is 1.89. The molecule has 0 unspecified atom stereocenters. The zero-order valence-electron chi connectivity index (χ0n) is 11.8. The Labute approximate surface area is 115 Å². The van der Waals surface area contributed by atoms with E-state index in [9.17, 15) is 0 Å². The number of nitrogens with one attached hydrogen (secondary N) is 1. The molecular formula is C14H24N2OS. The second kappa shape index (κ2) is 8.38. The van der Waals surface area contributed by atoms with Crippen LogP contribution in [0, 0.1) is 6.92 Å². The zero-order chi connectivity index (χ0) is 13.4. The molecule has 0 fully saturated rings. The lowest BCUT2D eigenvalue weighted by Gasteiger charge is -2.13. The summed E-state index contributed by atoms with van der Waals surface area (Å²) in [6.45, 7) is 9.95. The monoisotopic (exact) mass is 268 g/mol. The first kappa shape index (κ1) is 15.3. The van der Waals surface area contributed by atoms with Crippen molar-refractivity contribution in [2.45, 2.75) is 40.3 Å². The Balaban J connectivity index is 2.58. The predicted molar refractivity (Wildman–Crippen MR) is 79.4 cm³/mol. The van der Waals surface area contributed by atoms with Gasteiger partial charge in [0.05, 0.1) is 12.3 Å². The van der Waals surface area contributed by atoms with E-state index in [1.807, 2.05) is 30.8 Å². The Hall–Kier alpha value is -0.740. The van der Waals surface area contributed by atoms with Gasteiger partial charge < -0.3 is 10.1 Å². The van der Waals surface area contributed by atoms with Gasteiger partial charge in [0.25, 0.3) is 0 Å². The van der Waals surface area contributed by atoms with E-state index in [1.54, 1.807) is 0 Å². The van der Waals surface area contributed by atoms with Crippen molar-refractivity contribution in [2.24, 2.45) is 0 Å². The average Bonchev–Trinajstić information content (AvgIpc) is 2.34. The summed E-state index contributed by atoms with van der Waals surface area (Å²) in [5.74, 6) is 3.07. The molecule has 0 saturated carbocycles. The first-order valence-electron chi connectivity index (χ1n) is 6.54. The molecule has 1 aromatic rings. The summed E-state index contributed by atoms with van der Waals surface area (Å²) in [5.41, 5.74) is 2.04. The average molecular weight is 268 g/mol. The molecule has 0 radical (unpaired) electrons. The summed E-state index contributed by atoms with van der Waals surface area (Å²) in [7, 11) is 0. The minimum atomic E-state index is 0.454. The van der Waals surface area contributed by atoms with Crippen LogP contribution in [0.3, 0.4) is 0 Å². The fourth-order valence-corrected chi connectivity index (χ4v) is 2.00. The van der Waals surface area contributed by atoms with Gasteiger partial charge >= 0.3 is 0 Å². The quantitative estimate of drug-likeness (QED) is 0.735. The van der Waals surface area contributed by atoms with E-state index >= 15 is 0 Å². The first-order chi connectivity index (χ1) is 8.63. The van der Waals surface area contributed by atoms with E-state index in [-0.39, 0.29) is 0 Å². The number of aryl methyl sites for hydroxylation is 1. The van der Waals surface area contributed by atoms with Crippen molar-refractivity contribution in [3.8, 4) is 5.75 Å². The van der Waals surface area contributed by atoms with Gasteiger partial charge in [-0.1, -0.05) is 20.8 Å². The summed E-state index contributed by atoms with van der Waals surface area (Å²) in [6.07, 6.45) is 0. The highest BCUT2D eigenvalue weighted by Crippen LogP contribution is 2.17. The second-order valence-corrected chi connectivity index (χ2v) is 5.87. The van der Waals surface area contributed by atoms with Gasteiger partial charge in [-0.3, -0.25) is 4.98 Å². The van der Waals surface area contributed by atoms with Crippen molar-refractivity contribution in [2.75, 3.05) is 18.1 Å². The van der Waals surface area contributed by atoms with Gasteiger partial charge in [-0.05, 0) is 24.8 Å². The van der Waals surface area contributed by atoms with Crippen molar-refractivity contribution < 1.29 is 4.74 Å². The zero-order valence-corrected chi connectivity index (χ0v) is 12.6. The number of rotatable bonds is 8. The molecule has 3 nitrogen and oxygen atoms in total. The molecule has 102 valence electrons. The van der Waals surface area contributed by atoms with Crippen molar-refractivity contribution in [3.63, 3.8) is 0 Å². The van der Waals surface area contributed by atoms with Crippen LogP contribution in [0.2, 0.25) is 0 Å². The molecule has 0 spiro atoms. The Morgan fingerprint density at radius 1 is 1.39 bits per heavy atom. The summed E-state index contributed by atoms with van der Waals surface area (Å²) in [5, 5.41) is 3.38. The summed E-state index contributed by atoms with van der Waals surface area (Å²) < 4.78 is 5.80.